The third-order valence-electron chi connectivity index (χ3n) is 12.6. The summed E-state index contributed by atoms with van der Waals surface area (Å²) in [5, 5.41) is 24.3. The van der Waals surface area contributed by atoms with E-state index in [1.165, 1.54) is 43.9 Å². The molecule has 0 saturated carbocycles. The summed E-state index contributed by atoms with van der Waals surface area (Å²) in [6.45, 7) is 28.2. The van der Waals surface area contributed by atoms with Crippen LogP contribution in [0.5, 0.6) is 0 Å². The largest absolute Gasteiger partial charge is 1.00 e. The molecule has 548 valence electrons. The summed E-state index contributed by atoms with van der Waals surface area (Å²) in [6, 6.07) is 48.6. The van der Waals surface area contributed by atoms with Gasteiger partial charge in [-0.3, -0.25) is 4.91 Å². The minimum absolute atomic E-state index is 0. The first kappa shape index (κ1) is 110. The van der Waals surface area contributed by atoms with Crippen LogP contribution in [0.1, 0.15) is 123 Å². The number of nitrogens with two attached hydrogens (primary N) is 4. The van der Waals surface area contributed by atoms with E-state index >= 15 is 0 Å². The number of azide groups is 1. The molecule has 27 nitrogen and oxygen atoms in total. The summed E-state index contributed by atoms with van der Waals surface area (Å²) in [5.74, 6) is -1.86. The van der Waals surface area contributed by atoms with Gasteiger partial charge < -0.3 is 105 Å². The number of nitrogens with one attached hydrogen (secondary N) is 4. The maximum Gasteiger partial charge on any atom is 1.00 e. The third-order valence-corrected chi connectivity index (χ3v) is 13.0. The van der Waals surface area contributed by atoms with Crippen LogP contribution in [0.25, 0.3) is 26.4 Å². The monoisotopic (exact) mass is 1420 g/mol. The van der Waals surface area contributed by atoms with Gasteiger partial charge in [0.05, 0.1) is 26.4 Å². The normalized spacial score (nSPS) is 10.0. The summed E-state index contributed by atoms with van der Waals surface area (Å²) in [5.41, 5.74) is 60.6. The first-order chi connectivity index (χ1) is 44.2. The van der Waals surface area contributed by atoms with Crippen molar-refractivity contribution in [3.05, 3.63) is 284 Å². The predicted octanol–water partition coefficient (Wildman–Crippen LogP) is 8.39. The molecule has 0 amide bonds. The zero-order valence-electron chi connectivity index (χ0n) is 61.2. The van der Waals surface area contributed by atoms with E-state index in [0.29, 0.717) is 86.9 Å². The average Bonchev–Trinajstić information content (AvgIpc) is 1.01. The van der Waals surface area contributed by atoms with Gasteiger partial charge in [0.1, 0.15) is 22.8 Å². The number of alkyl halides is 1. The predicted molar refractivity (Wildman–Crippen MR) is 401 cm³/mol. The number of benzene rings is 6. The molecule has 0 fully saturated rings. The Morgan fingerprint density at radius 1 is 0.446 bits per heavy atom. The molecule has 0 aliphatic rings. The van der Waals surface area contributed by atoms with Crippen molar-refractivity contribution in [2.75, 3.05) is 19.8 Å². The maximum atomic E-state index is 11.6. The van der Waals surface area contributed by atoms with Gasteiger partial charge in [-0.25, -0.2) is 19.2 Å². The molecule has 0 unspecified atom stereocenters. The number of rotatable bonds is 22. The number of carbonyl (C=O) groups is 4. The molecule has 0 aliphatic carbocycles. The van der Waals surface area contributed by atoms with E-state index in [1.54, 1.807) is 48.5 Å². The van der Waals surface area contributed by atoms with E-state index in [0.717, 1.165) is 27.8 Å². The number of carboxylic acids is 1. The van der Waals surface area contributed by atoms with Crippen molar-refractivity contribution >= 4 is 35.5 Å². The second-order valence-electron chi connectivity index (χ2n) is 20.6. The molecule has 0 bridgehead atoms. The molecule has 101 heavy (non-hydrogen) atoms. The van der Waals surface area contributed by atoms with Crippen LogP contribution in [0, 0.1) is 41.5 Å². The van der Waals surface area contributed by atoms with Gasteiger partial charge in [-0.1, -0.05) is 192 Å². The fraction of sp³-hybridized carbons (Fsp3) is 0.324. The van der Waals surface area contributed by atoms with Crippen molar-refractivity contribution < 1.29 is 92.4 Å². The van der Waals surface area contributed by atoms with E-state index < -0.39 is 23.9 Å². The van der Waals surface area contributed by atoms with Crippen LogP contribution >= 0.6 is 11.6 Å². The molecule has 0 heterocycles. The van der Waals surface area contributed by atoms with Crippen LogP contribution in [-0.4, -0.2) is 54.3 Å². The average molecular weight is 1430 g/mol. The van der Waals surface area contributed by atoms with E-state index in [4.69, 9.17) is 70.4 Å². The minimum atomic E-state index is -1.10. The van der Waals surface area contributed by atoms with Gasteiger partial charge in [0.15, 0.2) is 0 Å². The van der Waals surface area contributed by atoms with Crippen molar-refractivity contribution in [2.24, 2.45) is 28.0 Å². The SMILES string of the molecule is C.C/C(NCc1ccc(C)cc1)=C(/N)C(=O)O.CCOC(=O)/C(N)=C(\C)NCc1ccc(C)cc1.CCOC(=O)/C(N)=C(\C)NCc1ccc(C)cc1.CCOC(=O)/C(NCc1ccc(C)cc1)=C(\C)N.Cc1ccc(CCl)cc1.Cc1ccc(CN=[N+]=[N-])cc1.N.N.N.N.[Li+].[N-]=[N+]=[N-].[Na+].[OH-]. The quantitative estimate of drug-likeness (QED) is 0.00443. The Morgan fingerprint density at radius 2 is 0.673 bits per heavy atom. The molecule has 0 saturated heterocycles. The number of ether oxygens (including phenoxy) is 3. The van der Waals surface area contributed by atoms with Crippen LogP contribution in [0.3, 0.4) is 0 Å². The fourth-order valence-electron chi connectivity index (χ4n) is 6.95. The van der Waals surface area contributed by atoms with Crippen molar-refractivity contribution in [3.8, 4) is 0 Å². The molecule has 0 aliphatic heterocycles. The number of carboxylic acid groups (broad SMARTS) is 1. The van der Waals surface area contributed by atoms with Crippen molar-refractivity contribution in [1.82, 2.24) is 45.9 Å². The Hall–Kier alpha value is -9.13. The van der Waals surface area contributed by atoms with Gasteiger partial charge in [0.2, 0.25) is 0 Å². The van der Waals surface area contributed by atoms with E-state index in [-0.39, 0.29) is 103 Å². The Morgan fingerprint density at radius 3 is 0.901 bits per heavy atom. The molecular weight excluding hydrogens is 1310 g/mol. The summed E-state index contributed by atoms with van der Waals surface area (Å²) in [7, 11) is 0. The standard InChI is InChI=1S/3C14H20N2O2.C12H16N2O2.C8H9Cl.C8H9N3.CH4.Li.N3.4H3N.Na.H2O/c2*1-4-18-14(17)13(15)11(3)16-9-12-7-5-10(2)6-8-12;1-4-18-14(17)13(11(3)15)16-9-12-7-5-10(2)6-8-12;1-8-3-5-10(6-4-8)7-14-9(2)11(13)12(15)16;1-7-2-4-8(6-9)5-3-7;1-7-2-4-8(5-3-7)6-10-11-9;;;1-3-2;;;;;;/h3*5-8,16H,4,9,15H2,1-3H3;3-6,14H,7,13H2,1-2H3,(H,15,16);2-5H,6H2,1H3;2-5H,6H2,1H3;1H4;;;4*1H3;;1H2/q;;;;;;;+1;-1;;;;;+1;/p-1/b3*13-11-;11-9-;;;;;;;;;;;. The molecule has 6 rings (SSSR count). The number of allylic oxidation sites excluding steroid dienone is 4. The first-order valence-corrected chi connectivity index (χ1v) is 30.2. The van der Waals surface area contributed by atoms with Gasteiger partial charge >= 0.3 is 72.3 Å². The summed E-state index contributed by atoms with van der Waals surface area (Å²) >= 11 is 5.58. The molecule has 0 spiro atoms. The van der Waals surface area contributed by atoms with Gasteiger partial charge in [-0.2, -0.15) is 0 Å². The first-order valence-electron chi connectivity index (χ1n) is 29.6. The number of esters is 3. The van der Waals surface area contributed by atoms with Crippen molar-refractivity contribution in [3.63, 3.8) is 0 Å². The van der Waals surface area contributed by atoms with Crippen molar-refractivity contribution in [1.29, 1.82) is 0 Å². The van der Waals surface area contributed by atoms with Crippen LogP contribution in [0.2, 0.25) is 0 Å². The van der Waals surface area contributed by atoms with Gasteiger partial charge in [0, 0.05) is 59.8 Å². The van der Waals surface area contributed by atoms with E-state index in [2.05, 4.69) is 50.3 Å². The van der Waals surface area contributed by atoms with Crippen LogP contribution < -0.4 is 117 Å². The fourth-order valence-corrected chi connectivity index (χ4v) is 7.13. The molecule has 0 atom stereocenters. The summed E-state index contributed by atoms with van der Waals surface area (Å²) in [4.78, 5) is 49.2. The van der Waals surface area contributed by atoms with E-state index in [1.807, 2.05) is 168 Å². The maximum absolute atomic E-state index is 11.6. The Labute approximate surface area is 637 Å². The Balaban J connectivity index is -0.000000142. The van der Waals surface area contributed by atoms with Gasteiger partial charge in [0.25, 0.3) is 0 Å². The minimum Gasteiger partial charge on any atom is -0.870 e. The smallest absolute Gasteiger partial charge is 0.870 e. The molecule has 6 aromatic carbocycles. The number of aryl methyl sites for hydroxylation is 6. The summed E-state index contributed by atoms with van der Waals surface area (Å²) in [6.07, 6.45) is 0. The molecule has 6 aromatic rings. The summed E-state index contributed by atoms with van der Waals surface area (Å²) < 4.78 is 14.6. The number of hydrogen-bond acceptors (Lipinski definition) is 21. The van der Waals surface area contributed by atoms with Crippen LogP contribution in [0.4, 0.5) is 0 Å². The molecule has 0 aromatic heterocycles. The number of halogens is 1. The number of carbonyl (C=O) groups excluding carboxylic acids is 3. The molecule has 26 N–H and O–H groups in total. The van der Waals surface area contributed by atoms with Crippen LogP contribution in [-0.2, 0) is 72.0 Å². The second kappa shape index (κ2) is 65.5. The molecule has 0 radical (unpaired) electrons. The Bertz CT molecular complexity index is 3360. The molecular formula is C71H111ClLiN18NaO9. The zero-order chi connectivity index (χ0) is 70.3. The number of aliphatic carboxylic acids is 1. The number of nitrogens with zero attached hydrogens (tertiary/aromatic N) is 6. The van der Waals surface area contributed by atoms with Crippen LogP contribution in [0.15, 0.2) is 196 Å². The second-order valence-corrected chi connectivity index (χ2v) is 20.8. The van der Waals surface area contributed by atoms with Gasteiger partial charge in [-0.15, -0.1) is 11.6 Å². The Kier molecular flexibility index (Phi) is 71.6. The molecule has 30 heteroatoms. The van der Waals surface area contributed by atoms with Crippen molar-refractivity contribution in [2.45, 2.75) is 136 Å². The zero-order valence-corrected chi connectivity index (χ0v) is 63.9. The van der Waals surface area contributed by atoms with E-state index in [9.17, 15) is 19.2 Å². The van der Waals surface area contributed by atoms with Gasteiger partial charge in [-0.05, 0) is 129 Å². The number of hydrogen-bond donors (Lipinski definition) is 13. The third kappa shape index (κ3) is 51.7. The topological polar surface area (TPSA) is 546 Å².